The second-order valence-corrected chi connectivity index (χ2v) is 2.96. The number of hydrogen-bond donors (Lipinski definition) is 1. The third-order valence-corrected chi connectivity index (χ3v) is 1.63. The summed E-state index contributed by atoms with van der Waals surface area (Å²) in [5.41, 5.74) is 0. The Morgan fingerprint density at radius 2 is 2.25 bits per heavy atom. The maximum Gasteiger partial charge on any atom is 0.135 e. The summed E-state index contributed by atoms with van der Waals surface area (Å²) in [6, 6.07) is 0. The zero-order chi connectivity index (χ0) is 9.40. The van der Waals surface area contributed by atoms with Gasteiger partial charge in [0.2, 0.25) is 0 Å². The van der Waals surface area contributed by atoms with Gasteiger partial charge in [0.25, 0.3) is 0 Å². The summed E-state index contributed by atoms with van der Waals surface area (Å²) in [6.45, 7) is 2.29. The van der Waals surface area contributed by atoms with Gasteiger partial charge in [-0.1, -0.05) is 13.3 Å². The van der Waals surface area contributed by atoms with E-state index in [0.29, 0.717) is 6.42 Å². The molecule has 0 aliphatic heterocycles. The molecule has 0 amide bonds. The van der Waals surface area contributed by atoms with Crippen molar-refractivity contribution in [1.29, 1.82) is 0 Å². The number of ketones is 1. The van der Waals surface area contributed by atoms with Gasteiger partial charge in [-0.15, -0.1) is 0 Å². The monoisotopic (exact) mass is 174 g/mol. The maximum atomic E-state index is 11.1. The first-order valence-electron chi connectivity index (χ1n) is 4.39. The van der Waals surface area contributed by atoms with E-state index in [9.17, 15) is 9.90 Å². The van der Waals surface area contributed by atoms with E-state index in [1.54, 1.807) is 0 Å². The van der Waals surface area contributed by atoms with Crippen LogP contribution < -0.4 is 0 Å². The number of aliphatic hydroxyl groups is 1. The van der Waals surface area contributed by atoms with Crippen LogP contribution in [-0.2, 0) is 9.53 Å². The number of carbonyl (C=O) groups is 1. The minimum absolute atomic E-state index is 0.126. The largest absolute Gasteiger partial charge is 0.390 e. The fourth-order valence-corrected chi connectivity index (χ4v) is 0.990. The van der Waals surface area contributed by atoms with E-state index < -0.39 is 6.10 Å². The van der Waals surface area contributed by atoms with Gasteiger partial charge in [-0.2, -0.15) is 0 Å². The average molecular weight is 174 g/mol. The van der Waals surface area contributed by atoms with E-state index in [-0.39, 0.29) is 18.8 Å². The first-order chi connectivity index (χ1) is 5.70. The lowest BCUT2D eigenvalue weighted by Gasteiger charge is -2.07. The number of methoxy groups -OCH3 is 1. The second kappa shape index (κ2) is 7.25. The van der Waals surface area contributed by atoms with E-state index in [1.165, 1.54) is 7.11 Å². The topological polar surface area (TPSA) is 46.5 Å². The molecular formula is C9H18O3. The molecule has 0 spiro atoms. The van der Waals surface area contributed by atoms with Crippen molar-refractivity contribution in [3.05, 3.63) is 0 Å². The number of aliphatic hydroxyl groups excluding tert-OH is 1. The minimum atomic E-state index is -0.626. The molecule has 0 aliphatic carbocycles. The predicted octanol–water partition coefficient (Wildman–Crippen LogP) is 1.14. The molecule has 1 N–H and O–H groups in total. The van der Waals surface area contributed by atoms with Gasteiger partial charge in [0.15, 0.2) is 0 Å². The van der Waals surface area contributed by atoms with Crippen LogP contribution in [0.4, 0.5) is 0 Å². The highest BCUT2D eigenvalue weighted by Gasteiger charge is 2.09. The summed E-state index contributed by atoms with van der Waals surface area (Å²) in [4.78, 5) is 11.1. The molecule has 0 radical (unpaired) electrons. The van der Waals surface area contributed by atoms with Crippen LogP contribution in [0.2, 0.25) is 0 Å². The molecule has 0 saturated heterocycles. The number of rotatable bonds is 7. The SMILES string of the molecule is CCCCC(=O)CC(O)COC. The molecule has 72 valence electrons. The van der Waals surface area contributed by atoms with Crippen molar-refractivity contribution in [3.63, 3.8) is 0 Å². The molecule has 3 heteroatoms. The zero-order valence-corrected chi connectivity index (χ0v) is 7.88. The smallest absolute Gasteiger partial charge is 0.135 e. The van der Waals surface area contributed by atoms with Crippen LogP contribution in [0, 0.1) is 0 Å². The van der Waals surface area contributed by atoms with Gasteiger partial charge in [-0.3, -0.25) is 4.79 Å². The Bertz CT molecular complexity index is 123. The van der Waals surface area contributed by atoms with Crippen LogP contribution in [0.15, 0.2) is 0 Å². The quantitative estimate of drug-likeness (QED) is 0.629. The second-order valence-electron chi connectivity index (χ2n) is 2.96. The van der Waals surface area contributed by atoms with Crippen LogP contribution >= 0.6 is 0 Å². The summed E-state index contributed by atoms with van der Waals surface area (Å²) < 4.78 is 4.71. The third-order valence-electron chi connectivity index (χ3n) is 1.63. The Hall–Kier alpha value is -0.410. The predicted molar refractivity (Wildman–Crippen MR) is 47.0 cm³/mol. The van der Waals surface area contributed by atoms with Gasteiger partial charge < -0.3 is 9.84 Å². The van der Waals surface area contributed by atoms with Gasteiger partial charge in [0, 0.05) is 20.0 Å². The molecule has 3 nitrogen and oxygen atoms in total. The minimum Gasteiger partial charge on any atom is -0.390 e. The molecule has 0 bridgehead atoms. The first kappa shape index (κ1) is 11.6. The van der Waals surface area contributed by atoms with Crippen molar-refractivity contribution in [2.45, 2.75) is 38.7 Å². The summed E-state index contributed by atoms with van der Waals surface area (Å²) in [5, 5.41) is 9.17. The first-order valence-corrected chi connectivity index (χ1v) is 4.39. The molecule has 0 aromatic heterocycles. The summed E-state index contributed by atoms with van der Waals surface area (Å²) in [6.07, 6.45) is 2.12. The van der Waals surface area contributed by atoms with Crippen molar-refractivity contribution in [1.82, 2.24) is 0 Å². The molecule has 0 aliphatic rings. The molecular weight excluding hydrogens is 156 g/mol. The van der Waals surface area contributed by atoms with Crippen molar-refractivity contribution in [2.24, 2.45) is 0 Å². The van der Waals surface area contributed by atoms with Gasteiger partial charge >= 0.3 is 0 Å². The molecule has 0 aromatic carbocycles. The number of hydrogen-bond acceptors (Lipinski definition) is 3. The molecule has 1 atom stereocenters. The van der Waals surface area contributed by atoms with Gasteiger partial charge in [0.05, 0.1) is 12.7 Å². The normalized spacial score (nSPS) is 12.9. The summed E-state index contributed by atoms with van der Waals surface area (Å²) in [7, 11) is 1.51. The van der Waals surface area contributed by atoms with Crippen molar-refractivity contribution < 1.29 is 14.6 Å². The van der Waals surface area contributed by atoms with Crippen LogP contribution in [0.5, 0.6) is 0 Å². The fraction of sp³-hybridized carbons (Fsp3) is 0.889. The zero-order valence-electron chi connectivity index (χ0n) is 7.88. The van der Waals surface area contributed by atoms with E-state index in [4.69, 9.17) is 4.74 Å². The number of unbranched alkanes of at least 4 members (excludes halogenated alkanes) is 1. The van der Waals surface area contributed by atoms with Gasteiger partial charge in [-0.25, -0.2) is 0 Å². The van der Waals surface area contributed by atoms with E-state index in [0.717, 1.165) is 12.8 Å². The Kier molecular flexibility index (Phi) is 7.00. The maximum absolute atomic E-state index is 11.1. The van der Waals surface area contributed by atoms with E-state index in [2.05, 4.69) is 0 Å². The Morgan fingerprint density at radius 3 is 2.75 bits per heavy atom. The molecule has 1 unspecified atom stereocenters. The molecule has 0 fully saturated rings. The Balaban J connectivity index is 3.40. The van der Waals surface area contributed by atoms with Crippen LogP contribution in [-0.4, -0.2) is 30.7 Å². The molecule has 12 heavy (non-hydrogen) atoms. The Morgan fingerprint density at radius 1 is 1.58 bits per heavy atom. The van der Waals surface area contributed by atoms with E-state index in [1.807, 2.05) is 6.92 Å². The van der Waals surface area contributed by atoms with E-state index >= 15 is 0 Å². The molecule has 0 rings (SSSR count). The lowest BCUT2D eigenvalue weighted by Crippen LogP contribution is -2.18. The summed E-state index contributed by atoms with van der Waals surface area (Å²) in [5.74, 6) is 0.126. The highest BCUT2D eigenvalue weighted by atomic mass is 16.5. The summed E-state index contributed by atoms with van der Waals surface area (Å²) >= 11 is 0. The van der Waals surface area contributed by atoms with Gasteiger partial charge in [-0.05, 0) is 6.42 Å². The highest BCUT2D eigenvalue weighted by Crippen LogP contribution is 2.01. The lowest BCUT2D eigenvalue weighted by atomic mass is 10.1. The van der Waals surface area contributed by atoms with Crippen LogP contribution in [0.1, 0.15) is 32.6 Å². The van der Waals surface area contributed by atoms with Crippen LogP contribution in [0.3, 0.4) is 0 Å². The van der Waals surface area contributed by atoms with Gasteiger partial charge in [0.1, 0.15) is 5.78 Å². The van der Waals surface area contributed by atoms with Crippen molar-refractivity contribution >= 4 is 5.78 Å². The standard InChI is InChI=1S/C9H18O3/c1-3-4-5-8(10)6-9(11)7-12-2/h9,11H,3-7H2,1-2H3. The number of carbonyl (C=O) groups excluding carboxylic acids is 1. The fourth-order valence-electron chi connectivity index (χ4n) is 0.990. The number of Topliss-reactive ketones (excluding diaryl/α,β-unsaturated/α-hetero) is 1. The average Bonchev–Trinajstić information content (AvgIpc) is 2.01. The highest BCUT2D eigenvalue weighted by molar-refractivity contribution is 5.78. The van der Waals surface area contributed by atoms with Crippen molar-refractivity contribution in [2.75, 3.05) is 13.7 Å². The van der Waals surface area contributed by atoms with Crippen LogP contribution in [0.25, 0.3) is 0 Å². The molecule has 0 saturated carbocycles. The third kappa shape index (κ3) is 6.31. The molecule has 0 heterocycles. The van der Waals surface area contributed by atoms with Crippen molar-refractivity contribution in [3.8, 4) is 0 Å². The number of ether oxygens (including phenoxy) is 1. The molecule has 0 aromatic rings. The lowest BCUT2D eigenvalue weighted by molar-refractivity contribution is -0.121. The Labute approximate surface area is 73.7 Å².